The lowest BCUT2D eigenvalue weighted by molar-refractivity contribution is 0.0789. The molecule has 0 spiro atoms. The zero-order valence-electron chi connectivity index (χ0n) is 14.4. The van der Waals surface area contributed by atoms with Crippen molar-refractivity contribution in [2.75, 3.05) is 7.05 Å². The minimum atomic E-state index is -0.0523. The highest BCUT2D eigenvalue weighted by molar-refractivity contribution is 7.20. The van der Waals surface area contributed by atoms with Gasteiger partial charge in [0.05, 0.1) is 4.88 Å². The molecular formula is C18H17Cl2N3OS. The Labute approximate surface area is 160 Å². The molecule has 0 N–H and O–H groups in total. The number of thiophene rings is 1. The first kappa shape index (κ1) is 18.1. The van der Waals surface area contributed by atoms with E-state index >= 15 is 0 Å². The van der Waals surface area contributed by atoms with Crippen molar-refractivity contribution in [2.45, 2.75) is 27.3 Å². The first-order chi connectivity index (χ1) is 11.8. The highest BCUT2D eigenvalue weighted by atomic mass is 35.5. The highest BCUT2D eigenvalue weighted by Crippen LogP contribution is 2.32. The molecule has 0 atom stereocenters. The molecule has 1 aromatic carbocycles. The molecule has 0 unspecified atom stereocenters. The van der Waals surface area contributed by atoms with Crippen molar-refractivity contribution in [3.05, 3.63) is 55.8 Å². The Morgan fingerprint density at radius 1 is 1.20 bits per heavy atom. The monoisotopic (exact) mass is 393 g/mol. The minimum Gasteiger partial charge on any atom is -0.337 e. The van der Waals surface area contributed by atoms with Crippen molar-refractivity contribution in [1.82, 2.24) is 14.9 Å². The van der Waals surface area contributed by atoms with Gasteiger partial charge in [-0.05, 0) is 44.0 Å². The number of halogens is 2. The lowest BCUT2D eigenvalue weighted by Crippen LogP contribution is -2.26. The van der Waals surface area contributed by atoms with Crippen LogP contribution in [0.4, 0.5) is 0 Å². The summed E-state index contributed by atoms with van der Waals surface area (Å²) in [7, 11) is 1.76. The van der Waals surface area contributed by atoms with Crippen LogP contribution in [0.25, 0.3) is 10.2 Å². The average molecular weight is 394 g/mol. The lowest BCUT2D eigenvalue weighted by atomic mass is 10.1. The van der Waals surface area contributed by atoms with Crippen molar-refractivity contribution < 1.29 is 4.79 Å². The van der Waals surface area contributed by atoms with Crippen LogP contribution in [-0.4, -0.2) is 27.8 Å². The van der Waals surface area contributed by atoms with E-state index < -0.39 is 0 Å². The van der Waals surface area contributed by atoms with E-state index in [1.807, 2.05) is 26.8 Å². The third-order valence-corrected chi connectivity index (χ3v) is 5.81. The minimum absolute atomic E-state index is 0.0523. The average Bonchev–Trinajstić information content (AvgIpc) is 2.86. The summed E-state index contributed by atoms with van der Waals surface area (Å²) >= 11 is 13.6. The smallest absolute Gasteiger partial charge is 0.264 e. The number of aryl methyl sites for hydroxylation is 3. The molecule has 0 fully saturated rings. The summed E-state index contributed by atoms with van der Waals surface area (Å²) in [5.74, 6) is 0.662. The Kier molecular flexibility index (Phi) is 5.00. The topological polar surface area (TPSA) is 46.1 Å². The summed E-state index contributed by atoms with van der Waals surface area (Å²) < 4.78 is 0. The van der Waals surface area contributed by atoms with Gasteiger partial charge in [-0.25, -0.2) is 9.97 Å². The van der Waals surface area contributed by atoms with Crippen molar-refractivity contribution in [3.8, 4) is 0 Å². The number of benzene rings is 1. The third kappa shape index (κ3) is 3.50. The predicted molar refractivity (Wildman–Crippen MR) is 104 cm³/mol. The Bertz CT molecular complexity index is 984. The van der Waals surface area contributed by atoms with Crippen LogP contribution >= 0.6 is 34.5 Å². The standard InChI is InChI=1S/C18H17Cl2N3OS/c1-9-15-10(2)21-11(3)22-17(15)25-16(9)18(24)23(4)8-12-5-6-13(19)7-14(12)20/h5-7H,8H2,1-4H3. The van der Waals surface area contributed by atoms with Crippen molar-refractivity contribution in [1.29, 1.82) is 0 Å². The quantitative estimate of drug-likeness (QED) is 0.614. The van der Waals surface area contributed by atoms with Crippen molar-refractivity contribution in [2.24, 2.45) is 0 Å². The number of rotatable bonds is 3. The molecule has 0 aliphatic heterocycles. The maximum Gasteiger partial charge on any atom is 0.264 e. The maximum atomic E-state index is 12.9. The van der Waals surface area contributed by atoms with Crippen LogP contribution < -0.4 is 0 Å². The summed E-state index contributed by atoms with van der Waals surface area (Å²) in [6, 6.07) is 5.29. The second-order valence-electron chi connectivity index (χ2n) is 5.99. The fraction of sp³-hybridized carbons (Fsp3) is 0.278. The molecule has 0 saturated carbocycles. The number of hydrogen-bond acceptors (Lipinski definition) is 4. The number of nitrogens with zero attached hydrogens (tertiary/aromatic N) is 3. The van der Waals surface area contributed by atoms with E-state index in [1.54, 1.807) is 24.1 Å². The Morgan fingerprint density at radius 2 is 1.92 bits per heavy atom. The molecule has 0 aliphatic rings. The van der Waals surface area contributed by atoms with Gasteiger partial charge in [0.15, 0.2) is 0 Å². The van der Waals surface area contributed by atoms with Crippen molar-refractivity contribution >= 4 is 50.7 Å². The highest BCUT2D eigenvalue weighted by Gasteiger charge is 2.22. The molecule has 130 valence electrons. The van der Waals surface area contributed by atoms with Crippen molar-refractivity contribution in [3.63, 3.8) is 0 Å². The second kappa shape index (κ2) is 6.90. The summed E-state index contributed by atoms with van der Waals surface area (Å²) in [4.78, 5) is 25.0. The molecule has 2 heterocycles. The zero-order chi connectivity index (χ0) is 18.3. The third-order valence-electron chi connectivity index (χ3n) is 4.05. The Morgan fingerprint density at radius 3 is 2.60 bits per heavy atom. The first-order valence-electron chi connectivity index (χ1n) is 7.71. The van der Waals surface area contributed by atoms with Crippen LogP contribution in [-0.2, 0) is 6.54 Å². The largest absolute Gasteiger partial charge is 0.337 e. The summed E-state index contributed by atoms with van der Waals surface area (Å²) in [5, 5.41) is 2.10. The summed E-state index contributed by atoms with van der Waals surface area (Å²) in [5.41, 5.74) is 2.68. The van der Waals surface area contributed by atoms with Gasteiger partial charge in [-0.1, -0.05) is 29.3 Å². The summed E-state index contributed by atoms with van der Waals surface area (Å²) in [6.07, 6.45) is 0. The number of carbonyl (C=O) groups excluding carboxylic acids is 1. The summed E-state index contributed by atoms with van der Waals surface area (Å²) in [6.45, 7) is 6.16. The molecule has 2 aromatic heterocycles. The predicted octanol–water partition coefficient (Wildman–Crippen LogP) is 5.20. The number of aromatic nitrogens is 2. The fourth-order valence-corrected chi connectivity index (χ4v) is 4.57. The SMILES string of the molecule is Cc1nc(C)c2c(C)c(C(=O)N(C)Cc3ccc(Cl)cc3Cl)sc2n1. The number of fused-ring (bicyclic) bond motifs is 1. The van der Waals surface area contributed by atoms with Gasteiger partial charge in [-0.15, -0.1) is 11.3 Å². The van der Waals surface area contributed by atoms with Crippen LogP contribution in [0.2, 0.25) is 10.0 Å². The normalized spacial score (nSPS) is 11.1. The molecule has 0 aliphatic carbocycles. The zero-order valence-corrected chi connectivity index (χ0v) is 16.7. The van der Waals surface area contributed by atoms with E-state index in [2.05, 4.69) is 9.97 Å². The lowest BCUT2D eigenvalue weighted by Gasteiger charge is -2.18. The first-order valence-corrected chi connectivity index (χ1v) is 9.29. The molecule has 1 amide bonds. The second-order valence-corrected chi connectivity index (χ2v) is 7.83. The van der Waals surface area contributed by atoms with Gasteiger partial charge in [0.1, 0.15) is 10.7 Å². The number of carbonyl (C=O) groups is 1. The molecule has 7 heteroatoms. The van der Waals surface area contributed by atoms with Gasteiger partial charge in [0, 0.05) is 34.7 Å². The van der Waals surface area contributed by atoms with Gasteiger partial charge in [0.25, 0.3) is 5.91 Å². The fourth-order valence-electron chi connectivity index (χ4n) is 2.83. The van der Waals surface area contributed by atoms with Gasteiger partial charge < -0.3 is 4.90 Å². The van der Waals surface area contributed by atoms with E-state index in [-0.39, 0.29) is 5.91 Å². The molecule has 25 heavy (non-hydrogen) atoms. The van der Waals surface area contributed by atoms with Crippen LogP contribution in [0.5, 0.6) is 0 Å². The molecule has 0 bridgehead atoms. The molecule has 3 rings (SSSR count). The Balaban J connectivity index is 1.93. The van der Waals surface area contributed by atoms with E-state index in [1.165, 1.54) is 11.3 Å². The Hall–Kier alpha value is -1.69. The van der Waals surface area contributed by atoms with Crippen LogP contribution in [0.1, 0.15) is 32.3 Å². The number of hydrogen-bond donors (Lipinski definition) is 0. The molecule has 3 aromatic rings. The van der Waals surface area contributed by atoms with E-state index in [9.17, 15) is 4.79 Å². The van der Waals surface area contributed by atoms with Gasteiger partial charge in [0.2, 0.25) is 0 Å². The molecule has 0 saturated heterocycles. The van der Waals surface area contributed by atoms with Crippen LogP contribution in [0.3, 0.4) is 0 Å². The van der Waals surface area contributed by atoms with Gasteiger partial charge in [-0.2, -0.15) is 0 Å². The van der Waals surface area contributed by atoms with Gasteiger partial charge in [-0.3, -0.25) is 4.79 Å². The number of amides is 1. The molecule has 0 radical (unpaired) electrons. The van der Waals surface area contributed by atoms with Crippen LogP contribution in [0, 0.1) is 20.8 Å². The molecular weight excluding hydrogens is 377 g/mol. The van der Waals surface area contributed by atoms with Gasteiger partial charge >= 0.3 is 0 Å². The van der Waals surface area contributed by atoms with E-state index in [0.29, 0.717) is 27.3 Å². The van der Waals surface area contributed by atoms with E-state index in [4.69, 9.17) is 23.2 Å². The van der Waals surface area contributed by atoms with E-state index in [0.717, 1.165) is 27.0 Å². The maximum absolute atomic E-state index is 12.9. The van der Waals surface area contributed by atoms with Crippen LogP contribution in [0.15, 0.2) is 18.2 Å². The molecule has 4 nitrogen and oxygen atoms in total.